The summed E-state index contributed by atoms with van der Waals surface area (Å²) in [4.78, 5) is 50.3. The van der Waals surface area contributed by atoms with Crippen molar-refractivity contribution >= 4 is 29.1 Å². The molecule has 27 heavy (non-hydrogen) atoms. The van der Waals surface area contributed by atoms with Gasteiger partial charge in [0.05, 0.1) is 13.2 Å². The zero-order valence-corrected chi connectivity index (χ0v) is 14.1. The van der Waals surface area contributed by atoms with Crippen molar-refractivity contribution in [3.63, 3.8) is 0 Å². The van der Waals surface area contributed by atoms with Crippen LogP contribution in [-0.2, 0) is 9.59 Å². The molecule has 0 bridgehead atoms. The Morgan fingerprint density at radius 3 is 2.15 bits per heavy atom. The number of rotatable bonds is 4. The normalized spacial score (nSPS) is 15.6. The zero-order valence-electron chi connectivity index (χ0n) is 14.1. The monoisotopic (exact) mass is 362 g/mol. The summed E-state index contributed by atoms with van der Waals surface area (Å²) in [6, 6.07) is 11.2. The number of aliphatic hydroxyl groups is 1. The molecule has 2 aliphatic rings. The Kier molecular flexibility index (Phi) is 3.93. The molecule has 1 aliphatic heterocycles. The predicted molar refractivity (Wildman–Crippen MR) is 95.3 cm³/mol. The van der Waals surface area contributed by atoms with Crippen molar-refractivity contribution in [2.45, 2.75) is 0 Å². The van der Waals surface area contributed by atoms with Crippen molar-refractivity contribution < 1.29 is 24.3 Å². The van der Waals surface area contributed by atoms with E-state index in [1.165, 1.54) is 12.1 Å². The summed E-state index contributed by atoms with van der Waals surface area (Å²) in [6.45, 7) is -0.416. The Morgan fingerprint density at radius 2 is 1.48 bits per heavy atom. The summed E-state index contributed by atoms with van der Waals surface area (Å²) < 4.78 is 0. The number of nitrogens with one attached hydrogen (secondary N) is 1. The van der Waals surface area contributed by atoms with Gasteiger partial charge >= 0.3 is 0 Å². The number of ketones is 2. The van der Waals surface area contributed by atoms with Gasteiger partial charge in [0.25, 0.3) is 11.8 Å². The molecular formula is C20H14N2O5. The fourth-order valence-corrected chi connectivity index (χ4v) is 3.24. The van der Waals surface area contributed by atoms with E-state index in [4.69, 9.17) is 5.11 Å². The number of carbonyl (C=O) groups is 4. The number of hydrogen-bond donors (Lipinski definition) is 2. The van der Waals surface area contributed by atoms with Gasteiger partial charge in [-0.2, -0.15) is 0 Å². The summed E-state index contributed by atoms with van der Waals surface area (Å²) in [5.74, 6) is -1.57. The molecule has 2 N–H and O–H groups in total. The minimum absolute atomic E-state index is 0.0448. The van der Waals surface area contributed by atoms with E-state index in [0.717, 1.165) is 11.0 Å². The molecule has 2 aromatic carbocycles. The van der Waals surface area contributed by atoms with Crippen LogP contribution in [0.2, 0.25) is 0 Å². The first-order chi connectivity index (χ1) is 13.0. The van der Waals surface area contributed by atoms with Crippen molar-refractivity contribution in [3.05, 3.63) is 76.5 Å². The number of hydrogen-bond acceptors (Lipinski definition) is 6. The molecule has 0 saturated carbocycles. The van der Waals surface area contributed by atoms with Gasteiger partial charge in [0.15, 0.2) is 11.6 Å². The molecule has 1 heterocycles. The van der Waals surface area contributed by atoms with Crippen molar-refractivity contribution in [2.24, 2.45) is 0 Å². The number of fused-ring (bicyclic) bond motifs is 2. The Morgan fingerprint density at radius 1 is 0.852 bits per heavy atom. The predicted octanol–water partition coefficient (Wildman–Crippen LogP) is 1.12. The fraction of sp³-hybridized carbons (Fsp3) is 0.100. The topological polar surface area (TPSA) is 104 Å². The highest BCUT2D eigenvalue weighted by Gasteiger charge is 2.32. The highest BCUT2D eigenvalue weighted by atomic mass is 16.3. The lowest BCUT2D eigenvalue weighted by atomic mass is 9.84. The van der Waals surface area contributed by atoms with Gasteiger partial charge in [-0.1, -0.05) is 24.3 Å². The van der Waals surface area contributed by atoms with E-state index in [9.17, 15) is 19.2 Å². The van der Waals surface area contributed by atoms with Gasteiger partial charge < -0.3 is 10.4 Å². The van der Waals surface area contributed by atoms with E-state index in [-0.39, 0.29) is 36.0 Å². The molecule has 2 aromatic rings. The number of nitrogens with zero attached hydrogens (tertiary/aromatic N) is 1. The number of β-amino-alcohol motifs (C(OH)–C–C–N with tert-alkyl or cyclic N) is 1. The molecule has 0 unspecified atom stereocenters. The number of carbonyl (C=O) groups excluding carboxylic acids is 4. The van der Waals surface area contributed by atoms with Crippen LogP contribution in [0.1, 0.15) is 31.8 Å². The maximum Gasteiger partial charge on any atom is 0.277 e. The second-order valence-corrected chi connectivity index (χ2v) is 6.17. The Bertz CT molecular complexity index is 1050. The van der Waals surface area contributed by atoms with Crippen LogP contribution in [0, 0.1) is 0 Å². The van der Waals surface area contributed by atoms with Gasteiger partial charge in [-0.15, -0.1) is 0 Å². The summed E-state index contributed by atoms with van der Waals surface area (Å²) >= 11 is 0. The highest BCUT2D eigenvalue weighted by Crippen LogP contribution is 2.29. The Balaban J connectivity index is 1.66. The largest absolute Gasteiger partial charge is 0.395 e. The lowest BCUT2D eigenvalue weighted by molar-refractivity contribution is -0.137. The maximum absolute atomic E-state index is 12.7. The van der Waals surface area contributed by atoms with Crippen molar-refractivity contribution in [1.29, 1.82) is 0 Å². The standard InChI is InChI=1S/C20H14N2O5/c23-8-7-22-17(24)10-16(20(22)27)21-11-5-6-14-15(9-11)19(26)13-4-2-1-3-12(13)18(14)25/h1-6,9-10,21,23H,7-8H2. The third-order valence-electron chi connectivity index (χ3n) is 4.54. The number of anilines is 1. The van der Waals surface area contributed by atoms with Crippen LogP contribution in [0.25, 0.3) is 0 Å². The molecule has 0 spiro atoms. The summed E-state index contributed by atoms with van der Waals surface area (Å²) in [5.41, 5.74) is 1.71. The van der Waals surface area contributed by atoms with E-state index < -0.39 is 11.8 Å². The molecular weight excluding hydrogens is 348 g/mol. The van der Waals surface area contributed by atoms with Crippen LogP contribution in [-0.4, -0.2) is 46.5 Å². The van der Waals surface area contributed by atoms with Gasteiger partial charge in [-0.3, -0.25) is 24.1 Å². The third-order valence-corrected chi connectivity index (χ3v) is 4.54. The molecule has 0 saturated heterocycles. The van der Waals surface area contributed by atoms with Gasteiger partial charge in [0.1, 0.15) is 5.70 Å². The average molecular weight is 362 g/mol. The Hall–Kier alpha value is -3.58. The van der Waals surface area contributed by atoms with E-state index in [2.05, 4.69) is 5.32 Å². The van der Waals surface area contributed by atoms with Crippen LogP contribution in [0.4, 0.5) is 5.69 Å². The molecule has 1 aliphatic carbocycles. The molecule has 0 atom stereocenters. The number of amides is 2. The fourth-order valence-electron chi connectivity index (χ4n) is 3.24. The van der Waals surface area contributed by atoms with E-state index >= 15 is 0 Å². The summed E-state index contributed by atoms with van der Waals surface area (Å²) in [6.07, 6.45) is 1.14. The first kappa shape index (κ1) is 16.9. The van der Waals surface area contributed by atoms with Crippen molar-refractivity contribution in [1.82, 2.24) is 4.90 Å². The SMILES string of the molecule is O=C1c2ccccc2C(=O)c2cc(NC3=CC(=O)N(CCO)C3=O)ccc21. The van der Waals surface area contributed by atoms with Crippen LogP contribution in [0.3, 0.4) is 0 Å². The van der Waals surface area contributed by atoms with E-state index in [1.54, 1.807) is 30.3 Å². The summed E-state index contributed by atoms with van der Waals surface area (Å²) in [7, 11) is 0. The molecule has 134 valence electrons. The highest BCUT2D eigenvalue weighted by molar-refractivity contribution is 6.28. The van der Waals surface area contributed by atoms with Crippen molar-refractivity contribution in [3.8, 4) is 0 Å². The minimum atomic E-state index is -0.556. The van der Waals surface area contributed by atoms with E-state index in [1.807, 2.05) is 0 Å². The minimum Gasteiger partial charge on any atom is -0.395 e. The molecule has 2 amide bonds. The molecule has 7 nitrogen and oxygen atoms in total. The number of benzene rings is 2. The van der Waals surface area contributed by atoms with Gasteiger partial charge in [0, 0.05) is 34.0 Å². The smallest absolute Gasteiger partial charge is 0.277 e. The second-order valence-electron chi connectivity index (χ2n) is 6.17. The molecule has 0 radical (unpaired) electrons. The first-order valence-corrected chi connectivity index (χ1v) is 8.29. The molecule has 7 heteroatoms. The van der Waals surface area contributed by atoms with E-state index in [0.29, 0.717) is 22.4 Å². The number of imide groups is 1. The zero-order chi connectivity index (χ0) is 19.1. The summed E-state index contributed by atoms with van der Waals surface area (Å²) in [5, 5.41) is 11.8. The van der Waals surface area contributed by atoms with Crippen LogP contribution in [0.5, 0.6) is 0 Å². The van der Waals surface area contributed by atoms with Gasteiger partial charge in [-0.25, -0.2) is 0 Å². The van der Waals surface area contributed by atoms with Gasteiger partial charge in [-0.05, 0) is 18.2 Å². The quantitative estimate of drug-likeness (QED) is 0.674. The molecule has 0 fully saturated rings. The third kappa shape index (κ3) is 2.65. The van der Waals surface area contributed by atoms with Crippen LogP contribution < -0.4 is 5.32 Å². The molecule has 4 rings (SSSR count). The number of aliphatic hydroxyl groups excluding tert-OH is 1. The lowest BCUT2D eigenvalue weighted by Crippen LogP contribution is -2.34. The second kappa shape index (κ2) is 6.30. The lowest BCUT2D eigenvalue weighted by Gasteiger charge is -2.18. The van der Waals surface area contributed by atoms with Crippen LogP contribution in [0.15, 0.2) is 54.2 Å². The average Bonchev–Trinajstić information content (AvgIpc) is 2.94. The molecule has 0 aromatic heterocycles. The first-order valence-electron chi connectivity index (χ1n) is 8.29. The van der Waals surface area contributed by atoms with Crippen molar-refractivity contribution in [2.75, 3.05) is 18.5 Å². The maximum atomic E-state index is 12.7. The van der Waals surface area contributed by atoms with Gasteiger partial charge in [0.2, 0.25) is 0 Å². The van der Waals surface area contributed by atoms with Crippen LogP contribution >= 0.6 is 0 Å². The Labute approximate surface area is 153 Å².